The number of ether oxygens (including phenoxy) is 1. The SMILES string of the molecule is CCC[C@H](NC(=O)OCC1c2ccccc2-c2ccccc21)C(=O)NCCC(C)C(=O)O. The normalized spacial score (nSPS) is 14.1. The molecular formula is C25H30N2O5. The average molecular weight is 439 g/mol. The predicted molar refractivity (Wildman–Crippen MR) is 121 cm³/mol. The van der Waals surface area contributed by atoms with E-state index in [9.17, 15) is 14.4 Å². The zero-order valence-corrected chi connectivity index (χ0v) is 18.5. The van der Waals surface area contributed by atoms with E-state index in [1.54, 1.807) is 6.92 Å². The van der Waals surface area contributed by atoms with Crippen LogP contribution in [0.2, 0.25) is 0 Å². The van der Waals surface area contributed by atoms with Gasteiger partial charge in [0.1, 0.15) is 12.6 Å². The molecule has 0 saturated heterocycles. The van der Waals surface area contributed by atoms with Crippen LogP contribution in [-0.2, 0) is 14.3 Å². The third kappa shape index (κ3) is 5.46. The second kappa shape index (κ2) is 10.8. The molecule has 170 valence electrons. The van der Waals surface area contributed by atoms with Gasteiger partial charge in [0.05, 0.1) is 5.92 Å². The van der Waals surface area contributed by atoms with Crippen LogP contribution in [-0.4, -0.2) is 42.3 Å². The lowest BCUT2D eigenvalue weighted by Crippen LogP contribution is -2.47. The lowest BCUT2D eigenvalue weighted by molar-refractivity contribution is -0.141. The van der Waals surface area contributed by atoms with Gasteiger partial charge >= 0.3 is 12.1 Å². The first-order valence-electron chi connectivity index (χ1n) is 11.0. The number of rotatable bonds is 10. The molecule has 0 spiro atoms. The highest BCUT2D eigenvalue weighted by Gasteiger charge is 2.29. The van der Waals surface area contributed by atoms with Crippen LogP contribution in [0.5, 0.6) is 0 Å². The number of nitrogens with one attached hydrogen (secondary N) is 2. The average Bonchev–Trinajstić information content (AvgIpc) is 3.11. The number of amides is 2. The van der Waals surface area contributed by atoms with Crippen LogP contribution in [0.1, 0.15) is 50.2 Å². The second-order valence-corrected chi connectivity index (χ2v) is 8.13. The van der Waals surface area contributed by atoms with Gasteiger partial charge in [-0.3, -0.25) is 9.59 Å². The number of benzene rings is 2. The third-order valence-corrected chi connectivity index (χ3v) is 5.83. The van der Waals surface area contributed by atoms with E-state index in [-0.39, 0.29) is 25.0 Å². The molecule has 7 heteroatoms. The van der Waals surface area contributed by atoms with Gasteiger partial charge in [0.25, 0.3) is 0 Å². The van der Waals surface area contributed by atoms with Crippen LogP contribution >= 0.6 is 0 Å². The molecule has 2 atom stereocenters. The summed E-state index contributed by atoms with van der Waals surface area (Å²) in [6, 6.07) is 15.5. The van der Waals surface area contributed by atoms with Crippen molar-refractivity contribution >= 4 is 18.0 Å². The maximum atomic E-state index is 12.5. The minimum Gasteiger partial charge on any atom is -0.481 e. The van der Waals surface area contributed by atoms with Crippen LogP contribution in [0.3, 0.4) is 0 Å². The van der Waals surface area contributed by atoms with Gasteiger partial charge in [0.15, 0.2) is 0 Å². The maximum absolute atomic E-state index is 12.5. The Hall–Kier alpha value is -3.35. The first-order chi connectivity index (χ1) is 15.4. The Labute approximate surface area is 188 Å². The Kier molecular flexibility index (Phi) is 7.87. The Morgan fingerprint density at radius 1 is 1.00 bits per heavy atom. The first kappa shape index (κ1) is 23.3. The summed E-state index contributed by atoms with van der Waals surface area (Å²) in [6.45, 7) is 3.93. The van der Waals surface area contributed by atoms with Crippen molar-refractivity contribution in [3.63, 3.8) is 0 Å². The maximum Gasteiger partial charge on any atom is 0.407 e. The monoisotopic (exact) mass is 438 g/mol. The summed E-state index contributed by atoms with van der Waals surface area (Å²) in [5.41, 5.74) is 4.54. The van der Waals surface area contributed by atoms with Gasteiger partial charge in [-0.2, -0.15) is 0 Å². The van der Waals surface area contributed by atoms with Crippen LogP contribution in [0, 0.1) is 5.92 Å². The molecule has 0 heterocycles. The molecule has 0 aromatic heterocycles. The molecule has 1 aliphatic rings. The van der Waals surface area contributed by atoms with Gasteiger partial charge in [-0.1, -0.05) is 68.8 Å². The number of carbonyl (C=O) groups is 3. The number of carboxylic acids is 1. The molecule has 0 saturated carbocycles. The zero-order chi connectivity index (χ0) is 23.1. The molecule has 32 heavy (non-hydrogen) atoms. The van der Waals surface area contributed by atoms with Crippen LogP contribution < -0.4 is 10.6 Å². The lowest BCUT2D eigenvalue weighted by Gasteiger charge is -2.19. The number of hydrogen-bond acceptors (Lipinski definition) is 4. The van der Waals surface area contributed by atoms with E-state index >= 15 is 0 Å². The number of carboxylic acid groups (broad SMARTS) is 1. The molecule has 2 aromatic carbocycles. The van der Waals surface area contributed by atoms with E-state index in [2.05, 4.69) is 22.8 Å². The topological polar surface area (TPSA) is 105 Å². The summed E-state index contributed by atoms with van der Waals surface area (Å²) in [5.74, 6) is -1.84. The molecular weight excluding hydrogens is 408 g/mol. The Balaban J connectivity index is 1.57. The van der Waals surface area contributed by atoms with E-state index in [0.29, 0.717) is 19.3 Å². The van der Waals surface area contributed by atoms with E-state index < -0.39 is 24.0 Å². The number of carbonyl (C=O) groups excluding carboxylic acids is 2. The van der Waals surface area contributed by atoms with Gasteiger partial charge in [0.2, 0.25) is 5.91 Å². The summed E-state index contributed by atoms with van der Waals surface area (Å²) in [5, 5.41) is 14.3. The van der Waals surface area contributed by atoms with E-state index in [1.165, 1.54) is 0 Å². The molecule has 7 nitrogen and oxygen atoms in total. The molecule has 3 N–H and O–H groups in total. The highest BCUT2D eigenvalue weighted by Crippen LogP contribution is 2.44. The minimum absolute atomic E-state index is 0.0518. The van der Waals surface area contributed by atoms with Gasteiger partial charge in [-0.25, -0.2) is 4.79 Å². The third-order valence-electron chi connectivity index (χ3n) is 5.83. The summed E-state index contributed by atoms with van der Waals surface area (Å²) in [7, 11) is 0. The number of aliphatic carboxylic acids is 1. The molecule has 0 radical (unpaired) electrons. The van der Waals surface area contributed by atoms with E-state index in [0.717, 1.165) is 22.3 Å². The molecule has 3 rings (SSSR count). The van der Waals surface area contributed by atoms with Crippen molar-refractivity contribution in [3.05, 3.63) is 59.7 Å². The summed E-state index contributed by atoms with van der Waals surface area (Å²) >= 11 is 0. The van der Waals surface area contributed by atoms with Gasteiger partial charge in [-0.15, -0.1) is 0 Å². The van der Waals surface area contributed by atoms with Crippen LogP contribution in [0.15, 0.2) is 48.5 Å². The van der Waals surface area contributed by atoms with Crippen molar-refractivity contribution in [1.82, 2.24) is 10.6 Å². The Morgan fingerprint density at radius 2 is 1.59 bits per heavy atom. The summed E-state index contributed by atoms with van der Waals surface area (Å²) in [4.78, 5) is 35.9. The summed E-state index contributed by atoms with van der Waals surface area (Å²) < 4.78 is 5.53. The van der Waals surface area contributed by atoms with Crippen molar-refractivity contribution < 1.29 is 24.2 Å². The quantitative estimate of drug-likeness (QED) is 0.521. The molecule has 0 aliphatic heterocycles. The minimum atomic E-state index is -0.902. The zero-order valence-electron chi connectivity index (χ0n) is 18.5. The van der Waals surface area contributed by atoms with Crippen molar-refractivity contribution in [2.75, 3.05) is 13.2 Å². The fourth-order valence-corrected chi connectivity index (χ4v) is 4.00. The number of alkyl carbamates (subject to hydrolysis) is 1. The fraction of sp³-hybridized carbons (Fsp3) is 0.400. The largest absolute Gasteiger partial charge is 0.481 e. The fourth-order valence-electron chi connectivity index (χ4n) is 4.00. The second-order valence-electron chi connectivity index (χ2n) is 8.13. The van der Waals surface area contributed by atoms with E-state index in [4.69, 9.17) is 9.84 Å². The van der Waals surface area contributed by atoms with Crippen molar-refractivity contribution in [2.24, 2.45) is 5.92 Å². The van der Waals surface area contributed by atoms with Gasteiger partial charge in [0, 0.05) is 12.5 Å². The molecule has 0 bridgehead atoms. The molecule has 2 aromatic rings. The first-order valence-corrected chi connectivity index (χ1v) is 11.0. The van der Waals surface area contributed by atoms with Crippen LogP contribution in [0.25, 0.3) is 11.1 Å². The standard InChI is InChI=1S/C25H30N2O5/c1-3-8-22(23(28)26-14-13-16(2)24(29)30)27-25(31)32-15-21-19-11-6-4-9-17(19)18-10-5-7-12-20(18)21/h4-7,9-12,16,21-22H,3,8,13-15H2,1-2H3,(H,26,28)(H,27,31)(H,29,30)/t16?,22-/m0/s1. The Bertz CT molecular complexity index is 929. The molecule has 2 amide bonds. The number of fused-ring (bicyclic) bond motifs is 3. The van der Waals surface area contributed by atoms with Gasteiger partial charge in [-0.05, 0) is 35.1 Å². The summed E-state index contributed by atoms with van der Waals surface area (Å²) in [6.07, 6.45) is 0.849. The van der Waals surface area contributed by atoms with E-state index in [1.807, 2.05) is 43.3 Å². The Morgan fingerprint density at radius 3 is 2.16 bits per heavy atom. The lowest BCUT2D eigenvalue weighted by atomic mass is 9.98. The smallest absolute Gasteiger partial charge is 0.407 e. The van der Waals surface area contributed by atoms with Gasteiger partial charge < -0.3 is 20.5 Å². The molecule has 1 unspecified atom stereocenters. The highest BCUT2D eigenvalue weighted by atomic mass is 16.5. The van der Waals surface area contributed by atoms with Crippen molar-refractivity contribution in [1.29, 1.82) is 0 Å². The van der Waals surface area contributed by atoms with Crippen molar-refractivity contribution in [3.8, 4) is 11.1 Å². The predicted octanol–water partition coefficient (Wildman–Crippen LogP) is 3.92. The van der Waals surface area contributed by atoms with Crippen molar-refractivity contribution in [2.45, 2.75) is 45.1 Å². The highest BCUT2D eigenvalue weighted by molar-refractivity contribution is 5.85. The number of hydrogen-bond donors (Lipinski definition) is 3. The molecule has 1 aliphatic carbocycles. The van der Waals surface area contributed by atoms with Crippen LogP contribution in [0.4, 0.5) is 4.79 Å². The molecule has 0 fully saturated rings.